The minimum atomic E-state index is -1.18. The molecule has 0 saturated carbocycles. The van der Waals surface area contributed by atoms with Crippen LogP contribution in [0.2, 0.25) is 0 Å². The molecule has 3 N–H and O–H groups in total. The number of benzene rings is 1. The van der Waals surface area contributed by atoms with E-state index in [-0.39, 0.29) is 42.4 Å². The fourth-order valence-corrected chi connectivity index (χ4v) is 4.55. The summed E-state index contributed by atoms with van der Waals surface area (Å²) < 4.78 is 14.5. The number of fused-ring (bicyclic) bond motifs is 1. The van der Waals surface area contributed by atoms with E-state index in [9.17, 15) is 33.8 Å². The highest BCUT2D eigenvalue weighted by atomic mass is 19.1. The van der Waals surface area contributed by atoms with Crippen molar-refractivity contribution < 1.29 is 29.0 Å². The molecule has 0 unspecified atom stereocenters. The number of halogens is 1. The van der Waals surface area contributed by atoms with Crippen molar-refractivity contribution in [3.05, 3.63) is 69.4 Å². The third-order valence-electron chi connectivity index (χ3n) is 6.73. The Labute approximate surface area is 223 Å². The van der Waals surface area contributed by atoms with Gasteiger partial charge in [-0.05, 0) is 48.6 Å². The lowest BCUT2D eigenvalue weighted by molar-refractivity contribution is -0.127. The van der Waals surface area contributed by atoms with Crippen LogP contribution in [0.5, 0.6) is 5.75 Å². The number of pyridine rings is 2. The van der Waals surface area contributed by atoms with Gasteiger partial charge in [-0.2, -0.15) is 0 Å². The summed E-state index contributed by atoms with van der Waals surface area (Å²) in [5, 5.41) is 22.8. The molecule has 39 heavy (non-hydrogen) atoms. The predicted molar refractivity (Wildman–Crippen MR) is 140 cm³/mol. The second-order valence-corrected chi connectivity index (χ2v) is 9.49. The number of carbonyl (C=O) groups excluding carboxylic acids is 2. The molecular weight excluding hydrogens is 509 g/mol. The van der Waals surface area contributed by atoms with Crippen molar-refractivity contribution in [2.24, 2.45) is 0 Å². The van der Waals surface area contributed by atoms with Gasteiger partial charge in [0.25, 0.3) is 11.5 Å². The van der Waals surface area contributed by atoms with E-state index in [0.29, 0.717) is 37.9 Å². The van der Waals surface area contributed by atoms with E-state index in [4.69, 9.17) is 0 Å². The Balaban J connectivity index is 1.63. The van der Waals surface area contributed by atoms with Crippen LogP contribution >= 0.6 is 0 Å². The maximum atomic E-state index is 13.5. The molecule has 0 spiro atoms. The first-order valence-corrected chi connectivity index (χ1v) is 12.6. The normalized spacial score (nSPS) is 13.2. The van der Waals surface area contributed by atoms with Gasteiger partial charge in [-0.3, -0.25) is 19.4 Å². The van der Waals surface area contributed by atoms with Crippen LogP contribution in [0.15, 0.2) is 41.3 Å². The molecule has 0 bridgehead atoms. The van der Waals surface area contributed by atoms with Crippen LogP contribution in [0.25, 0.3) is 11.0 Å². The Kier molecular flexibility index (Phi) is 8.43. The number of amides is 3. The third kappa shape index (κ3) is 6.33. The summed E-state index contributed by atoms with van der Waals surface area (Å²) in [7, 11) is 1.35. The average Bonchev–Trinajstić information content (AvgIpc) is 3.32. The van der Waals surface area contributed by atoms with E-state index in [1.807, 2.05) is 0 Å². The Morgan fingerprint density at radius 1 is 1.15 bits per heavy atom. The van der Waals surface area contributed by atoms with Crippen molar-refractivity contribution in [3.63, 3.8) is 0 Å². The zero-order valence-corrected chi connectivity index (χ0v) is 21.5. The van der Waals surface area contributed by atoms with Crippen molar-refractivity contribution in [2.45, 2.75) is 32.2 Å². The molecule has 2 aromatic heterocycles. The molecule has 206 valence electrons. The number of nitrogens with zero attached hydrogens (tertiary/aromatic N) is 4. The number of hydrogen-bond donors (Lipinski definition) is 3. The molecule has 0 aliphatic carbocycles. The molecule has 1 saturated heterocycles. The first-order chi connectivity index (χ1) is 18.7. The Morgan fingerprint density at radius 3 is 2.56 bits per heavy atom. The summed E-state index contributed by atoms with van der Waals surface area (Å²) in [6.45, 7) is 1.21. The lowest BCUT2D eigenvalue weighted by Gasteiger charge is -2.18. The molecule has 12 heteroatoms. The van der Waals surface area contributed by atoms with E-state index < -0.39 is 28.9 Å². The number of hydrogen-bond acceptors (Lipinski definition) is 6. The van der Waals surface area contributed by atoms with Gasteiger partial charge in [0.05, 0.1) is 5.52 Å². The van der Waals surface area contributed by atoms with Gasteiger partial charge in [-0.1, -0.05) is 12.1 Å². The summed E-state index contributed by atoms with van der Waals surface area (Å²) in [4.78, 5) is 56.6. The van der Waals surface area contributed by atoms with Crippen LogP contribution in [0.3, 0.4) is 0 Å². The first kappa shape index (κ1) is 27.6. The molecule has 4 rings (SSSR count). The quantitative estimate of drug-likeness (QED) is 0.335. The van der Waals surface area contributed by atoms with Crippen LogP contribution in [-0.4, -0.2) is 80.7 Å². The van der Waals surface area contributed by atoms with E-state index in [1.54, 1.807) is 23.1 Å². The average molecular weight is 540 g/mol. The predicted octanol–water partition coefficient (Wildman–Crippen LogP) is 2.18. The van der Waals surface area contributed by atoms with Gasteiger partial charge in [0.2, 0.25) is 5.91 Å². The Hall–Kier alpha value is -4.48. The second-order valence-electron chi connectivity index (χ2n) is 9.49. The molecule has 0 radical (unpaired) electrons. The first-order valence-electron chi connectivity index (χ1n) is 12.6. The van der Waals surface area contributed by atoms with Crippen LogP contribution < -0.4 is 10.9 Å². The molecule has 11 nitrogen and oxygen atoms in total. The third-order valence-corrected chi connectivity index (χ3v) is 6.73. The number of carbonyl (C=O) groups is 3. The van der Waals surface area contributed by atoms with Gasteiger partial charge in [0.15, 0.2) is 5.75 Å². The van der Waals surface area contributed by atoms with Gasteiger partial charge in [-0.15, -0.1) is 0 Å². The van der Waals surface area contributed by atoms with Gasteiger partial charge < -0.3 is 29.9 Å². The maximum absolute atomic E-state index is 13.5. The Morgan fingerprint density at radius 2 is 1.90 bits per heavy atom. The Bertz CT molecular complexity index is 1460. The van der Waals surface area contributed by atoms with Crippen LogP contribution in [0, 0.1) is 5.82 Å². The van der Waals surface area contributed by atoms with Gasteiger partial charge in [0, 0.05) is 52.4 Å². The standard InChI is InChI=1S/C27H30FN5O6/c1-31(27(38)39)12-13-33-20-15-18(14-17-5-7-19(28)8-6-17)16-30-23(20)24(35)22(26(33)37)25(36)29-9-3-11-32-10-2-4-21(32)34/h5-8,15-16,35H,2-4,9-14H2,1H3,(H,29,36)(H,38,39). The van der Waals surface area contributed by atoms with Crippen molar-refractivity contribution in [3.8, 4) is 5.75 Å². The summed E-state index contributed by atoms with van der Waals surface area (Å²) >= 11 is 0. The number of nitrogens with one attached hydrogen (secondary N) is 1. The fourth-order valence-electron chi connectivity index (χ4n) is 4.55. The van der Waals surface area contributed by atoms with Crippen molar-refractivity contribution in [1.82, 2.24) is 24.7 Å². The zero-order valence-electron chi connectivity index (χ0n) is 21.5. The van der Waals surface area contributed by atoms with Crippen molar-refractivity contribution in [2.75, 3.05) is 33.2 Å². The number of rotatable bonds is 10. The van der Waals surface area contributed by atoms with Gasteiger partial charge in [-0.25, -0.2) is 9.18 Å². The van der Waals surface area contributed by atoms with Crippen LogP contribution in [0.4, 0.5) is 9.18 Å². The summed E-state index contributed by atoms with van der Waals surface area (Å²) in [6, 6.07) is 7.56. The summed E-state index contributed by atoms with van der Waals surface area (Å²) in [5.41, 5.74) is 0.446. The number of likely N-dealkylation sites (tertiary alicyclic amines) is 1. The highest BCUT2D eigenvalue weighted by molar-refractivity contribution is 6.01. The number of carboxylic acid groups (broad SMARTS) is 1. The molecule has 1 fully saturated rings. The molecule has 3 aromatic rings. The highest BCUT2D eigenvalue weighted by Gasteiger charge is 2.24. The fraction of sp³-hybridized carbons (Fsp3) is 0.370. The summed E-state index contributed by atoms with van der Waals surface area (Å²) in [6.07, 6.45) is 2.50. The second kappa shape index (κ2) is 11.9. The van der Waals surface area contributed by atoms with Gasteiger partial charge in [0.1, 0.15) is 16.9 Å². The zero-order chi connectivity index (χ0) is 28.1. The van der Waals surface area contributed by atoms with E-state index >= 15 is 0 Å². The van der Waals surface area contributed by atoms with Gasteiger partial charge >= 0.3 is 6.09 Å². The maximum Gasteiger partial charge on any atom is 0.407 e. The minimum absolute atomic E-state index is 0.0169. The monoisotopic (exact) mass is 539 g/mol. The molecule has 1 aromatic carbocycles. The number of aromatic nitrogens is 2. The lowest BCUT2D eigenvalue weighted by atomic mass is 10.1. The van der Waals surface area contributed by atoms with E-state index in [0.717, 1.165) is 16.9 Å². The molecule has 3 amide bonds. The number of likely N-dealkylation sites (N-methyl/N-ethyl adjacent to an activating group) is 1. The van der Waals surface area contributed by atoms with Crippen LogP contribution in [-0.2, 0) is 17.8 Å². The SMILES string of the molecule is CN(CCn1c(=O)c(C(=O)NCCCN2CCCC2=O)c(O)c2ncc(Cc3ccc(F)cc3)cc21)C(=O)O. The molecule has 0 atom stereocenters. The van der Waals surface area contributed by atoms with Crippen molar-refractivity contribution >= 4 is 28.9 Å². The van der Waals surface area contributed by atoms with Crippen LogP contribution in [0.1, 0.15) is 40.7 Å². The highest BCUT2D eigenvalue weighted by Crippen LogP contribution is 2.26. The molecule has 1 aliphatic heterocycles. The molecular formula is C27H30FN5O6. The lowest BCUT2D eigenvalue weighted by Crippen LogP contribution is -2.37. The smallest absolute Gasteiger partial charge is 0.407 e. The van der Waals surface area contributed by atoms with E-state index in [1.165, 1.54) is 29.9 Å². The molecule has 1 aliphatic rings. The van der Waals surface area contributed by atoms with E-state index in [2.05, 4.69) is 10.3 Å². The largest absolute Gasteiger partial charge is 0.505 e. The molecule has 3 heterocycles. The topological polar surface area (TPSA) is 145 Å². The number of aromatic hydroxyl groups is 1. The van der Waals surface area contributed by atoms with Crippen molar-refractivity contribution in [1.29, 1.82) is 0 Å². The minimum Gasteiger partial charge on any atom is -0.505 e. The summed E-state index contributed by atoms with van der Waals surface area (Å²) in [5.74, 6) is -1.65.